The van der Waals surface area contributed by atoms with Crippen molar-refractivity contribution >= 4 is 23.2 Å². The third-order valence-electron chi connectivity index (χ3n) is 4.40. The quantitative estimate of drug-likeness (QED) is 0.545. The zero-order valence-corrected chi connectivity index (χ0v) is 16.6. The predicted molar refractivity (Wildman–Crippen MR) is 110 cm³/mol. The molecule has 28 heavy (non-hydrogen) atoms. The van der Waals surface area contributed by atoms with Gasteiger partial charge >= 0.3 is 0 Å². The molecule has 1 N–H and O–H groups in total. The van der Waals surface area contributed by atoms with Gasteiger partial charge in [-0.2, -0.15) is 0 Å². The fraction of sp³-hybridized carbons (Fsp3) is 0.182. The first-order chi connectivity index (χ1) is 13.7. The van der Waals surface area contributed by atoms with E-state index in [0.717, 1.165) is 47.0 Å². The van der Waals surface area contributed by atoms with Crippen LogP contribution in [0.15, 0.2) is 60.7 Å². The summed E-state index contributed by atoms with van der Waals surface area (Å²) in [4.78, 5) is 0. The Balaban J connectivity index is 1.31. The van der Waals surface area contributed by atoms with Crippen molar-refractivity contribution < 1.29 is 14.2 Å². The summed E-state index contributed by atoms with van der Waals surface area (Å²) >= 11 is 12.1. The fourth-order valence-corrected chi connectivity index (χ4v) is 3.41. The zero-order valence-electron chi connectivity index (χ0n) is 15.1. The number of fused-ring (bicyclic) bond motifs is 1. The van der Waals surface area contributed by atoms with E-state index in [1.807, 2.05) is 48.5 Å². The van der Waals surface area contributed by atoms with Crippen LogP contribution in [0.25, 0.3) is 0 Å². The van der Waals surface area contributed by atoms with Crippen molar-refractivity contribution in [2.75, 3.05) is 6.79 Å². The van der Waals surface area contributed by atoms with E-state index in [0.29, 0.717) is 23.4 Å². The Morgan fingerprint density at radius 3 is 2.54 bits per heavy atom. The largest absolute Gasteiger partial charge is 0.489 e. The predicted octanol–water partition coefficient (Wildman–Crippen LogP) is 5.59. The van der Waals surface area contributed by atoms with Crippen molar-refractivity contribution in [2.45, 2.75) is 19.7 Å². The van der Waals surface area contributed by atoms with Crippen LogP contribution >= 0.6 is 23.2 Å². The van der Waals surface area contributed by atoms with Gasteiger partial charge in [0.1, 0.15) is 12.4 Å². The first kappa shape index (κ1) is 18.9. The minimum absolute atomic E-state index is 0.292. The summed E-state index contributed by atoms with van der Waals surface area (Å²) < 4.78 is 16.6. The number of benzene rings is 3. The Bertz CT molecular complexity index is 978. The SMILES string of the molecule is Clc1ccc(COc2cccc(CNCc3ccc4c(c3)OCO4)c2)c(Cl)c1. The van der Waals surface area contributed by atoms with Crippen LogP contribution in [0.3, 0.4) is 0 Å². The van der Waals surface area contributed by atoms with E-state index < -0.39 is 0 Å². The molecule has 1 heterocycles. The zero-order chi connectivity index (χ0) is 19.3. The molecule has 0 aromatic heterocycles. The third kappa shape index (κ3) is 4.71. The van der Waals surface area contributed by atoms with Gasteiger partial charge in [-0.15, -0.1) is 0 Å². The molecule has 0 atom stereocenters. The molecule has 1 aliphatic heterocycles. The Hall–Kier alpha value is -2.40. The smallest absolute Gasteiger partial charge is 0.231 e. The standard InChI is InChI=1S/C22H19Cl2NO3/c23-18-6-5-17(20(24)10-18)13-26-19-3-1-2-15(8-19)11-25-12-16-4-7-21-22(9-16)28-14-27-21/h1-10,25H,11-14H2. The molecule has 0 saturated heterocycles. The average Bonchev–Trinajstić information content (AvgIpc) is 3.16. The maximum atomic E-state index is 6.20. The van der Waals surface area contributed by atoms with Gasteiger partial charge in [0.25, 0.3) is 0 Å². The van der Waals surface area contributed by atoms with Crippen LogP contribution < -0.4 is 19.5 Å². The van der Waals surface area contributed by atoms with Crippen LogP contribution in [0.2, 0.25) is 10.0 Å². The molecule has 0 bridgehead atoms. The van der Waals surface area contributed by atoms with Gasteiger partial charge in [-0.3, -0.25) is 0 Å². The highest BCUT2D eigenvalue weighted by Crippen LogP contribution is 2.32. The summed E-state index contributed by atoms with van der Waals surface area (Å²) in [5.41, 5.74) is 3.19. The minimum atomic E-state index is 0.292. The number of ether oxygens (including phenoxy) is 3. The molecule has 4 nitrogen and oxygen atoms in total. The van der Waals surface area contributed by atoms with Crippen molar-refractivity contribution in [1.82, 2.24) is 5.32 Å². The Morgan fingerprint density at radius 1 is 0.857 bits per heavy atom. The van der Waals surface area contributed by atoms with E-state index in [9.17, 15) is 0 Å². The molecule has 0 fully saturated rings. The van der Waals surface area contributed by atoms with Crippen molar-refractivity contribution in [3.05, 3.63) is 87.4 Å². The fourth-order valence-electron chi connectivity index (χ4n) is 2.95. The molecule has 0 aliphatic carbocycles. The van der Waals surface area contributed by atoms with Gasteiger partial charge < -0.3 is 19.5 Å². The topological polar surface area (TPSA) is 39.7 Å². The molecule has 1 aliphatic rings. The first-order valence-corrected chi connectivity index (χ1v) is 9.68. The van der Waals surface area contributed by atoms with Crippen LogP contribution in [-0.2, 0) is 19.7 Å². The Labute approximate surface area is 173 Å². The normalized spacial score (nSPS) is 12.2. The van der Waals surface area contributed by atoms with Crippen molar-refractivity contribution in [1.29, 1.82) is 0 Å². The number of nitrogens with one attached hydrogen (secondary N) is 1. The van der Waals surface area contributed by atoms with Crippen LogP contribution in [0.1, 0.15) is 16.7 Å². The van der Waals surface area contributed by atoms with Gasteiger partial charge in [0.15, 0.2) is 11.5 Å². The van der Waals surface area contributed by atoms with Gasteiger partial charge in [-0.1, -0.05) is 47.5 Å². The Morgan fingerprint density at radius 2 is 1.68 bits per heavy atom. The van der Waals surface area contributed by atoms with E-state index in [-0.39, 0.29) is 0 Å². The summed E-state index contributed by atoms with van der Waals surface area (Å²) in [6.07, 6.45) is 0. The van der Waals surface area contributed by atoms with E-state index in [1.54, 1.807) is 6.07 Å². The van der Waals surface area contributed by atoms with E-state index in [2.05, 4.69) is 11.4 Å². The Kier molecular flexibility index (Phi) is 5.91. The molecule has 144 valence electrons. The lowest BCUT2D eigenvalue weighted by Crippen LogP contribution is -2.12. The van der Waals surface area contributed by atoms with E-state index in [1.165, 1.54) is 0 Å². The van der Waals surface area contributed by atoms with Gasteiger partial charge in [-0.25, -0.2) is 0 Å². The highest BCUT2D eigenvalue weighted by Gasteiger charge is 2.12. The number of hydrogen-bond acceptors (Lipinski definition) is 4. The third-order valence-corrected chi connectivity index (χ3v) is 4.99. The summed E-state index contributed by atoms with van der Waals surface area (Å²) in [6.45, 7) is 2.15. The van der Waals surface area contributed by atoms with E-state index >= 15 is 0 Å². The molecule has 6 heteroatoms. The second-order valence-corrected chi connectivity index (χ2v) is 7.31. The van der Waals surface area contributed by atoms with Crippen molar-refractivity contribution in [2.24, 2.45) is 0 Å². The molecule has 4 rings (SSSR count). The molecule has 0 radical (unpaired) electrons. The summed E-state index contributed by atoms with van der Waals surface area (Å²) in [6, 6.07) is 19.4. The molecule has 0 spiro atoms. The maximum absolute atomic E-state index is 6.20. The van der Waals surface area contributed by atoms with Crippen molar-refractivity contribution in [3.63, 3.8) is 0 Å². The molecule has 0 unspecified atom stereocenters. The number of halogens is 2. The molecular weight excluding hydrogens is 397 g/mol. The highest BCUT2D eigenvalue weighted by molar-refractivity contribution is 6.35. The summed E-state index contributed by atoms with van der Waals surface area (Å²) in [7, 11) is 0. The molecule has 3 aromatic rings. The second-order valence-electron chi connectivity index (χ2n) is 6.46. The maximum Gasteiger partial charge on any atom is 0.231 e. The summed E-state index contributed by atoms with van der Waals surface area (Å²) in [5, 5.41) is 4.66. The molecule has 0 saturated carbocycles. The lowest BCUT2D eigenvalue weighted by molar-refractivity contribution is 0.174. The minimum Gasteiger partial charge on any atom is -0.489 e. The molecule has 0 amide bonds. The van der Waals surface area contributed by atoms with Gasteiger partial charge in [0, 0.05) is 28.7 Å². The van der Waals surface area contributed by atoms with Crippen LogP contribution in [0, 0.1) is 0 Å². The monoisotopic (exact) mass is 415 g/mol. The molecule has 3 aromatic carbocycles. The lowest BCUT2D eigenvalue weighted by atomic mass is 10.2. The molecular formula is C22H19Cl2NO3. The second kappa shape index (κ2) is 8.74. The first-order valence-electron chi connectivity index (χ1n) is 8.92. The van der Waals surface area contributed by atoms with Crippen LogP contribution in [0.4, 0.5) is 0 Å². The van der Waals surface area contributed by atoms with E-state index in [4.69, 9.17) is 37.4 Å². The van der Waals surface area contributed by atoms with Gasteiger partial charge in [0.2, 0.25) is 6.79 Å². The van der Waals surface area contributed by atoms with Gasteiger partial charge in [-0.05, 0) is 47.5 Å². The van der Waals surface area contributed by atoms with Gasteiger partial charge in [0.05, 0.1) is 0 Å². The van der Waals surface area contributed by atoms with Crippen LogP contribution in [0.5, 0.6) is 17.2 Å². The highest BCUT2D eigenvalue weighted by atomic mass is 35.5. The number of rotatable bonds is 7. The van der Waals surface area contributed by atoms with Crippen molar-refractivity contribution in [3.8, 4) is 17.2 Å². The summed E-state index contributed by atoms with van der Waals surface area (Å²) in [5.74, 6) is 2.40. The lowest BCUT2D eigenvalue weighted by Gasteiger charge is -2.10. The number of hydrogen-bond donors (Lipinski definition) is 1. The average molecular weight is 416 g/mol. The van der Waals surface area contributed by atoms with Crippen LogP contribution in [-0.4, -0.2) is 6.79 Å².